The van der Waals surface area contributed by atoms with Crippen molar-refractivity contribution in [2.24, 2.45) is 11.8 Å². The Morgan fingerprint density at radius 1 is 1.33 bits per heavy atom. The van der Waals surface area contributed by atoms with Crippen LogP contribution in [0.1, 0.15) is 57.7 Å². The van der Waals surface area contributed by atoms with Gasteiger partial charge in [-0.3, -0.25) is 0 Å². The summed E-state index contributed by atoms with van der Waals surface area (Å²) in [7, 11) is 0. The van der Waals surface area contributed by atoms with Crippen molar-refractivity contribution in [3.05, 3.63) is 11.6 Å². The number of nitriles is 1. The first-order valence-corrected chi connectivity index (χ1v) is 7.03. The van der Waals surface area contributed by atoms with Crippen LogP contribution in [0.25, 0.3) is 0 Å². The van der Waals surface area contributed by atoms with Crippen LogP contribution in [0.3, 0.4) is 0 Å². The minimum absolute atomic E-state index is 0.0953. The van der Waals surface area contributed by atoms with Crippen molar-refractivity contribution < 1.29 is 0 Å². The highest BCUT2D eigenvalue weighted by Crippen LogP contribution is 2.37. The Kier molecular flexibility index (Phi) is 4.00. The van der Waals surface area contributed by atoms with Crippen LogP contribution in [0, 0.1) is 23.2 Å². The van der Waals surface area contributed by atoms with Crippen LogP contribution in [0.15, 0.2) is 0 Å². The molecule has 1 fully saturated rings. The fourth-order valence-electron chi connectivity index (χ4n) is 2.83. The smallest absolute Gasteiger partial charge is 0.150 e. The van der Waals surface area contributed by atoms with Gasteiger partial charge in [-0.2, -0.15) is 10.4 Å². The molecule has 1 saturated carbocycles. The lowest BCUT2D eigenvalue weighted by molar-refractivity contribution is 0.213. The molecule has 3 atom stereocenters. The van der Waals surface area contributed by atoms with Crippen molar-refractivity contribution in [3.8, 4) is 6.07 Å². The van der Waals surface area contributed by atoms with E-state index in [0.29, 0.717) is 5.92 Å². The summed E-state index contributed by atoms with van der Waals surface area (Å²) >= 11 is 0. The summed E-state index contributed by atoms with van der Waals surface area (Å²) in [4.78, 5) is 4.56. The van der Waals surface area contributed by atoms with E-state index in [-0.39, 0.29) is 12.0 Å². The second-order valence-electron chi connectivity index (χ2n) is 5.32. The van der Waals surface area contributed by atoms with Gasteiger partial charge in [-0.25, -0.2) is 9.67 Å². The van der Waals surface area contributed by atoms with E-state index in [0.717, 1.165) is 43.8 Å². The van der Waals surface area contributed by atoms with Crippen LogP contribution in [-0.2, 0) is 12.8 Å². The van der Waals surface area contributed by atoms with Crippen molar-refractivity contribution in [2.45, 2.75) is 58.9 Å². The van der Waals surface area contributed by atoms with E-state index in [2.05, 4.69) is 36.9 Å². The maximum atomic E-state index is 9.33. The second kappa shape index (κ2) is 5.51. The van der Waals surface area contributed by atoms with Gasteiger partial charge < -0.3 is 0 Å². The van der Waals surface area contributed by atoms with Gasteiger partial charge in [0.15, 0.2) is 5.82 Å². The number of aryl methyl sites for hydroxylation is 2. The van der Waals surface area contributed by atoms with Gasteiger partial charge >= 0.3 is 0 Å². The minimum atomic E-state index is 0.0953. The Bertz CT molecular complexity index is 443. The van der Waals surface area contributed by atoms with Crippen LogP contribution in [-0.4, -0.2) is 14.8 Å². The maximum absolute atomic E-state index is 9.33. The van der Waals surface area contributed by atoms with Crippen LogP contribution in [0.5, 0.6) is 0 Å². The molecule has 0 radical (unpaired) electrons. The van der Waals surface area contributed by atoms with E-state index in [4.69, 9.17) is 0 Å². The fourth-order valence-corrected chi connectivity index (χ4v) is 2.83. The summed E-state index contributed by atoms with van der Waals surface area (Å²) in [5, 5.41) is 13.9. The molecule has 3 unspecified atom stereocenters. The first-order chi connectivity index (χ1) is 8.69. The minimum Gasteiger partial charge on any atom is -0.245 e. The highest BCUT2D eigenvalue weighted by molar-refractivity contribution is 5.01. The van der Waals surface area contributed by atoms with Gasteiger partial charge in [-0.05, 0) is 25.2 Å². The van der Waals surface area contributed by atoms with Crippen LogP contribution in [0.4, 0.5) is 0 Å². The molecule has 1 aliphatic rings. The Morgan fingerprint density at radius 2 is 2.11 bits per heavy atom. The van der Waals surface area contributed by atoms with Gasteiger partial charge in [-0.15, -0.1) is 0 Å². The van der Waals surface area contributed by atoms with E-state index in [1.165, 1.54) is 0 Å². The Morgan fingerprint density at radius 3 is 2.72 bits per heavy atom. The summed E-state index contributed by atoms with van der Waals surface area (Å²) in [6, 6.07) is 2.69. The van der Waals surface area contributed by atoms with Crippen molar-refractivity contribution in [2.75, 3.05) is 0 Å². The predicted molar refractivity (Wildman–Crippen MR) is 69.9 cm³/mol. The molecule has 1 aromatic heterocycles. The molecule has 18 heavy (non-hydrogen) atoms. The Hall–Kier alpha value is -1.37. The monoisotopic (exact) mass is 246 g/mol. The van der Waals surface area contributed by atoms with Gasteiger partial charge in [0.05, 0.1) is 18.0 Å². The third kappa shape index (κ3) is 2.40. The van der Waals surface area contributed by atoms with Crippen molar-refractivity contribution >= 4 is 0 Å². The van der Waals surface area contributed by atoms with E-state index in [1.807, 2.05) is 4.68 Å². The van der Waals surface area contributed by atoms with Crippen LogP contribution >= 0.6 is 0 Å². The second-order valence-corrected chi connectivity index (χ2v) is 5.32. The molecule has 1 aliphatic carbocycles. The lowest BCUT2D eigenvalue weighted by Gasteiger charge is -2.31. The molecule has 4 heteroatoms. The number of hydrogen-bond acceptors (Lipinski definition) is 3. The topological polar surface area (TPSA) is 54.5 Å². The van der Waals surface area contributed by atoms with Crippen molar-refractivity contribution in [1.82, 2.24) is 14.8 Å². The molecule has 1 aromatic rings. The zero-order chi connectivity index (χ0) is 13.1. The fraction of sp³-hybridized carbons (Fsp3) is 0.786. The normalized spacial score (nSPS) is 28.0. The van der Waals surface area contributed by atoms with Crippen molar-refractivity contribution in [3.63, 3.8) is 0 Å². The SMILES string of the molecule is CCc1nc(CC)n(C2CC(C)CCC2C#N)n1. The van der Waals surface area contributed by atoms with Gasteiger partial charge in [0.2, 0.25) is 0 Å². The van der Waals surface area contributed by atoms with E-state index in [9.17, 15) is 5.26 Å². The Labute approximate surface area is 109 Å². The average molecular weight is 246 g/mol. The molecular formula is C14H22N4. The largest absolute Gasteiger partial charge is 0.245 e. The van der Waals surface area contributed by atoms with E-state index in [1.54, 1.807) is 0 Å². The molecule has 0 saturated heterocycles. The van der Waals surface area contributed by atoms with Crippen molar-refractivity contribution in [1.29, 1.82) is 5.26 Å². The molecular weight excluding hydrogens is 224 g/mol. The molecule has 4 nitrogen and oxygen atoms in total. The van der Waals surface area contributed by atoms with Gasteiger partial charge in [0.1, 0.15) is 5.82 Å². The molecule has 2 rings (SSSR count). The number of nitrogens with zero attached hydrogens (tertiary/aromatic N) is 4. The molecule has 0 aromatic carbocycles. The molecule has 0 bridgehead atoms. The highest BCUT2D eigenvalue weighted by atomic mass is 15.4. The molecule has 0 amide bonds. The first-order valence-electron chi connectivity index (χ1n) is 7.03. The van der Waals surface area contributed by atoms with Gasteiger partial charge in [0, 0.05) is 12.8 Å². The number of hydrogen-bond donors (Lipinski definition) is 0. The molecule has 0 spiro atoms. The lowest BCUT2D eigenvalue weighted by Crippen LogP contribution is -2.28. The third-order valence-electron chi connectivity index (χ3n) is 3.94. The first kappa shape index (κ1) is 13.1. The zero-order valence-corrected chi connectivity index (χ0v) is 11.6. The van der Waals surface area contributed by atoms with Gasteiger partial charge in [-0.1, -0.05) is 20.8 Å². The standard InChI is InChI=1S/C14H22N4/c1-4-13-16-14(5-2)18(17-13)12-8-10(3)6-7-11(12)9-15/h10-12H,4-8H2,1-3H3. The number of rotatable bonds is 3. The lowest BCUT2D eigenvalue weighted by atomic mass is 9.80. The number of aromatic nitrogens is 3. The van der Waals surface area contributed by atoms with Crippen LogP contribution < -0.4 is 0 Å². The highest BCUT2D eigenvalue weighted by Gasteiger charge is 2.32. The summed E-state index contributed by atoms with van der Waals surface area (Å²) in [5.41, 5.74) is 0. The third-order valence-corrected chi connectivity index (χ3v) is 3.94. The predicted octanol–water partition coefficient (Wildman–Crippen LogP) is 2.90. The maximum Gasteiger partial charge on any atom is 0.150 e. The summed E-state index contributed by atoms with van der Waals surface area (Å²) < 4.78 is 2.04. The molecule has 0 aliphatic heterocycles. The summed E-state index contributed by atoms with van der Waals surface area (Å²) in [6.45, 7) is 6.45. The average Bonchev–Trinajstić information content (AvgIpc) is 2.81. The van der Waals surface area contributed by atoms with E-state index < -0.39 is 0 Å². The van der Waals surface area contributed by atoms with E-state index >= 15 is 0 Å². The van der Waals surface area contributed by atoms with Crippen LogP contribution in [0.2, 0.25) is 0 Å². The molecule has 98 valence electrons. The van der Waals surface area contributed by atoms with Gasteiger partial charge in [0.25, 0.3) is 0 Å². The molecule has 1 heterocycles. The zero-order valence-electron chi connectivity index (χ0n) is 11.6. The molecule has 0 N–H and O–H groups in total. The quantitative estimate of drug-likeness (QED) is 0.824. The Balaban J connectivity index is 2.32. The summed E-state index contributed by atoms with van der Waals surface area (Å²) in [6.07, 6.45) is 4.95. The summed E-state index contributed by atoms with van der Waals surface area (Å²) in [5.74, 6) is 2.71.